The van der Waals surface area contributed by atoms with Gasteiger partial charge in [0.2, 0.25) is 0 Å². The molecule has 2 aliphatic rings. The lowest BCUT2D eigenvalue weighted by Crippen LogP contribution is -2.26. The molecule has 2 aromatic rings. The van der Waals surface area contributed by atoms with Crippen molar-refractivity contribution in [1.82, 2.24) is 14.3 Å². The van der Waals surface area contributed by atoms with Gasteiger partial charge in [0.05, 0.1) is 29.1 Å². The molecule has 0 radical (unpaired) electrons. The van der Waals surface area contributed by atoms with Gasteiger partial charge in [-0.15, -0.1) is 0 Å². The highest BCUT2D eigenvalue weighted by atomic mass is 79.9. The minimum Gasteiger partial charge on any atom is -0.348 e. The van der Waals surface area contributed by atoms with Gasteiger partial charge in [0, 0.05) is 28.4 Å². The Morgan fingerprint density at radius 2 is 2.06 bits per heavy atom. The summed E-state index contributed by atoms with van der Waals surface area (Å²) in [5, 5.41) is 2.86. The van der Waals surface area contributed by atoms with E-state index in [4.69, 9.17) is 11.6 Å². The number of rotatable bonds is 6. The monoisotopic (exact) mass is 556 g/mol. The summed E-state index contributed by atoms with van der Waals surface area (Å²) in [7, 11) is -4.01. The van der Waals surface area contributed by atoms with Crippen molar-refractivity contribution in [2.24, 2.45) is 0 Å². The van der Waals surface area contributed by atoms with Crippen LogP contribution in [-0.2, 0) is 16.6 Å². The molecule has 0 unspecified atom stereocenters. The van der Waals surface area contributed by atoms with Crippen LogP contribution in [0, 0.1) is 5.82 Å². The minimum atomic E-state index is -4.01. The van der Waals surface area contributed by atoms with Crippen molar-refractivity contribution < 1.29 is 17.6 Å². The summed E-state index contributed by atoms with van der Waals surface area (Å²) in [6, 6.07) is 8.50. The second-order valence-electron chi connectivity index (χ2n) is 6.65. The fourth-order valence-corrected chi connectivity index (χ4v) is 5.57. The lowest BCUT2D eigenvalue weighted by molar-refractivity contribution is 0.0952. The van der Waals surface area contributed by atoms with Crippen molar-refractivity contribution in [1.29, 1.82) is 0 Å². The lowest BCUT2D eigenvalue weighted by Gasteiger charge is -2.21. The van der Waals surface area contributed by atoms with Crippen LogP contribution in [0.5, 0.6) is 0 Å². The first kappa shape index (κ1) is 22.7. The maximum absolute atomic E-state index is 13.2. The zero-order valence-electron chi connectivity index (χ0n) is 16.1. The first-order chi connectivity index (χ1) is 15.2. The first-order valence-electron chi connectivity index (χ1n) is 9.10. The quantitative estimate of drug-likeness (QED) is 0.449. The Morgan fingerprint density at radius 1 is 1.25 bits per heavy atom. The van der Waals surface area contributed by atoms with Crippen LogP contribution < -0.4 is 14.8 Å². The van der Waals surface area contributed by atoms with E-state index in [0.717, 1.165) is 6.07 Å². The van der Waals surface area contributed by atoms with Crippen molar-refractivity contribution >= 4 is 61.3 Å². The van der Waals surface area contributed by atoms with Gasteiger partial charge < -0.3 is 10.0 Å². The third-order valence-electron chi connectivity index (χ3n) is 4.52. The second-order valence-corrected chi connectivity index (χ2v) is 10.4. The molecule has 0 spiro atoms. The molecule has 2 aliphatic heterocycles. The number of hydrogen-bond donors (Lipinski definition) is 3. The summed E-state index contributed by atoms with van der Waals surface area (Å²) < 4.78 is 47.1. The molecule has 0 saturated heterocycles. The summed E-state index contributed by atoms with van der Waals surface area (Å²) in [5.41, 5.74) is 1.21. The lowest BCUT2D eigenvalue weighted by atomic mass is 10.1. The third kappa shape index (κ3) is 4.80. The van der Waals surface area contributed by atoms with Crippen molar-refractivity contribution in [3.63, 3.8) is 0 Å². The van der Waals surface area contributed by atoms with E-state index in [1.807, 2.05) is 0 Å². The Morgan fingerprint density at radius 3 is 2.84 bits per heavy atom. The molecule has 2 aromatic carbocycles. The normalized spacial score (nSPS) is 14.9. The number of amides is 1. The molecule has 0 atom stereocenters. The van der Waals surface area contributed by atoms with Gasteiger partial charge in [-0.25, -0.2) is 12.8 Å². The molecule has 0 saturated carbocycles. The van der Waals surface area contributed by atoms with E-state index in [1.54, 1.807) is 28.8 Å². The van der Waals surface area contributed by atoms with E-state index in [9.17, 15) is 17.6 Å². The van der Waals surface area contributed by atoms with Gasteiger partial charge in [-0.3, -0.25) is 13.8 Å². The minimum absolute atomic E-state index is 0.0425. The van der Waals surface area contributed by atoms with Crippen LogP contribution in [0.1, 0.15) is 15.9 Å². The molecule has 0 bridgehead atoms. The molecular weight excluding hydrogens is 543 g/mol. The summed E-state index contributed by atoms with van der Waals surface area (Å²) >= 11 is 10.6. The zero-order valence-corrected chi connectivity index (χ0v) is 20.1. The van der Waals surface area contributed by atoms with Gasteiger partial charge in [-0.2, -0.15) is 0 Å². The van der Waals surface area contributed by atoms with Gasteiger partial charge in [0.15, 0.2) is 0 Å². The van der Waals surface area contributed by atoms with Crippen LogP contribution in [0.2, 0.25) is 5.02 Å². The van der Waals surface area contributed by atoms with Crippen molar-refractivity contribution in [3.8, 4) is 0 Å². The van der Waals surface area contributed by atoms with Gasteiger partial charge in [-0.05, 0) is 48.0 Å². The Kier molecular flexibility index (Phi) is 6.52. The van der Waals surface area contributed by atoms with E-state index in [1.165, 1.54) is 42.5 Å². The predicted octanol–water partition coefficient (Wildman–Crippen LogP) is 4.63. The maximum Gasteiger partial charge on any atom is 0.264 e. The number of allylic oxidation sites excluding steroid dienone is 2. The Labute approximate surface area is 201 Å². The smallest absolute Gasteiger partial charge is 0.264 e. The molecule has 7 nitrogen and oxygen atoms in total. The number of carbonyl (C=O) groups excluding carboxylic acids is 1. The van der Waals surface area contributed by atoms with Gasteiger partial charge in [0.25, 0.3) is 15.9 Å². The Hall–Kier alpha value is -2.47. The highest BCUT2D eigenvalue weighted by Crippen LogP contribution is 2.34. The van der Waals surface area contributed by atoms with Crippen LogP contribution in [0.4, 0.5) is 10.1 Å². The summed E-state index contributed by atoms with van der Waals surface area (Å²) in [6.07, 6.45) is 6.41. The number of hydrogen-bond acceptors (Lipinski definition) is 6. The van der Waals surface area contributed by atoms with Gasteiger partial charge >= 0.3 is 0 Å². The van der Waals surface area contributed by atoms with E-state index >= 15 is 0 Å². The number of halogens is 3. The van der Waals surface area contributed by atoms with Crippen LogP contribution in [0.25, 0.3) is 0 Å². The predicted molar refractivity (Wildman–Crippen MR) is 127 cm³/mol. The third-order valence-corrected chi connectivity index (χ3v) is 7.52. The molecule has 166 valence electrons. The van der Waals surface area contributed by atoms with E-state index in [2.05, 4.69) is 30.7 Å². The molecule has 2 heterocycles. The zero-order chi connectivity index (χ0) is 22.9. The number of nitrogens with zero attached hydrogens (tertiary/aromatic N) is 1. The number of anilines is 1. The number of carbonyl (C=O) groups is 1. The number of fused-ring (bicyclic) bond motifs is 1. The molecule has 4 rings (SSSR count). The van der Waals surface area contributed by atoms with Crippen molar-refractivity contribution in [3.05, 3.63) is 98.0 Å². The van der Waals surface area contributed by atoms with Crippen LogP contribution in [0.15, 0.2) is 76.0 Å². The number of nitrogens with one attached hydrogen (secondary N) is 3. The molecule has 0 aliphatic carbocycles. The van der Waals surface area contributed by atoms with Crippen LogP contribution in [0.3, 0.4) is 0 Å². The molecule has 12 heteroatoms. The average Bonchev–Trinajstić information content (AvgIpc) is 3.21. The Bertz CT molecular complexity index is 1300. The van der Waals surface area contributed by atoms with E-state index < -0.39 is 21.7 Å². The number of sulfonamides is 1. The summed E-state index contributed by atoms with van der Waals surface area (Å²) in [6.45, 7) is 0.0425. The first-order valence-corrected chi connectivity index (χ1v) is 12.5. The molecule has 1 amide bonds. The molecular formula is C20H15BrClFN4O3S2. The van der Waals surface area contributed by atoms with Gasteiger partial charge in [-0.1, -0.05) is 33.6 Å². The van der Waals surface area contributed by atoms with E-state index in [0.29, 0.717) is 15.7 Å². The topological polar surface area (TPSA) is 90.5 Å². The fourth-order valence-electron chi connectivity index (χ4n) is 3.00. The highest BCUT2D eigenvalue weighted by Gasteiger charge is 2.30. The molecule has 0 aromatic heterocycles. The summed E-state index contributed by atoms with van der Waals surface area (Å²) in [4.78, 5) is 12.9. The molecule has 32 heavy (non-hydrogen) atoms. The maximum atomic E-state index is 13.2. The average molecular weight is 558 g/mol. The SMILES string of the molecule is O=C(NCc1ccc(F)cc1Cl)c1ccc(Br)cc1NS(=O)(=O)C1=CC=CN2SNC=C12. The largest absolute Gasteiger partial charge is 0.348 e. The Balaban J connectivity index is 1.57. The highest BCUT2D eigenvalue weighted by molar-refractivity contribution is 9.10. The fraction of sp³-hybridized carbons (Fsp3) is 0.0500. The van der Waals surface area contributed by atoms with Crippen LogP contribution in [-0.4, -0.2) is 18.6 Å². The summed E-state index contributed by atoms with van der Waals surface area (Å²) in [5.74, 6) is -1.00. The number of benzene rings is 2. The second kappa shape index (κ2) is 9.18. The van der Waals surface area contributed by atoms with Crippen molar-refractivity contribution in [2.45, 2.75) is 6.54 Å². The van der Waals surface area contributed by atoms with E-state index in [-0.39, 0.29) is 27.7 Å². The van der Waals surface area contributed by atoms with Crippen LogP contribution >= 0.6 is 39.7 Å². The van der Waals surface area contributed by atoms with Crippen molar-refractivity contribution in [2.75, 3.05) is 4.72 Å². The molecule has 3 N–H and O–H groups in total. The molecule has 0 fully saturated rings. The van der Waals surface area contributed by atoms with Gasteiger partial charge in [0.1, 0.15) is 10.7 Å². The standard InChI is InChI=1S/C20H15BrClFN4O3S2/c21-13-4-6-15(20(28)24-10-12-3-5-14(23)9-16(12)22)17(8-13)26-32(29,30)19-2-1-7-27-18(19)11-25-31-27/h1-9,11,25-26H,10H2,(H,24,28).